The summed E-state index contributed by atoms with van der Waals surface area (Å²) in [6, 6.07) is 12.6. The maximum atomic E-state index is 12.6. The van der Waals surface area contributed by atoms with E-state index < -0.39 is 9.84 Å². The summed E-state index contributed by atoms with van der Waals surface area (Å²) >= 11 is 5.99. The number of nitrogens with two attached hydrogens (primary N) is 1. The van der Waals surface area contributed by atoms with Gasteiger partial charge in [-0.25, -0.2) is 13.2 Å². The van der Waals surface area contributed by atoms with E-state index in [0.717, 1.165) is 11.1 Å². The summed E-state index contributed by atoms with van der Waals surface area (Å²) in [7, 11) is -3.42. The molecule has 9 heteroatoms. The van der Waals surface area contributed by atoms with E-state index in [0.29, 0.717) is 43.2 Å². The molecule has 2 heterocycles. The van der Waals surface area contributed by atoms with Gasteiger partial charge in [-0.1, -0.05) is 41.9 Å². The summed E-state index contributed by atoms with van der Waals surface area (Å²) < 4.78 is 24.3. The van der Waals surface area contributed by atoms with Gasteiger partial charge in [0, 0.05) is 48.9 Å². The standard InChI is InChI=1S/C22H24ClN3O4S/c1-31(29,30)20-10-18(23)6-7-19(20)15-4-2-14(3-5-15)17-12-26(13-17)22(28)25-9-8-16(11-25)21(24)27/h2-7,10,16-17H,8-9,11-13H2,1H3,(H2,24,27)/t16-/m1/s1. The molecule has 0 saturated carbocycles. The van der Waals surface area contributed by atoms with Crippen molar-refractivity contribution in [3.63, 3.8) is 0 Å². The zero-order valence-corrected chi connectivity index (χ0v) is 18.7. The van der Waals surface area contributed by atoms with E-state index in [4.69, 9.17) is 17.3 Å². The number of likely N-dealkylation sites (tertiary alicyclic amines) is 2. The molecule has 0 aliphatic carbocycles. The second-order valence-electron chi connectivity index (χ2n) is 8.25. The molecule has 164 valence electrons. The van der Waals surface area contributed by atoms with E-state index in [1.54, 1.807) is 21.9 Å². The van der Waals surface area contributed by atoms with E-state index >= 15 is 0 Å². The van der Waals surface area contributed by atoms with Crippen LogP contribution in [0.1, 0.15) is 17.9 Å². The first kappa shape index (κ1) is 21.6. The van der Waals surface area contributed by atoms with Crippen LogP contribution in [0.25, 0.3) is 11.1 Å². The Labute approximate surface area is 186 Å². The highest BCUT2D eigenvalue weighted by Crippen LogP contribution is 2.33. The number of sulfone groups is 1. The first-order valence-corrected chi connectivity index (χ1v) is 12.3. The van der Waals surface area contributed by atoms with Gasteiger partial charge in [-0.05, 0) is 29.7 Å². The Balaban J connectivity index is 1.42. The molecule has 31 heavy (non-hydrogen) atoms. The van der Waals surface area contributed by atoms with Gasteiger partial charge < -0.3 is 15.5 Å². The van der Waals surface area contributed by atoms with Gasteiger partial charge in [0.25, 0.3) is 0 Å². The van der Waals surface area contributed by atoms with Crippen molar-refractivity contribution in [3.8, 4) is 11.1 Å². The van der Waals surface area contributed by atoms with Gasteiger partial charge in [-0.3, -0.25) is 4.79 Å². The van der Waals surface area contributed by atoms with Crippen molar-refractivity contribution in [3.05, 3.63) is 53.1 Å². The molecule has 0 unspecified atom stereocenters. The summed E-state index contributed by atoms with van der Waals surface area (Å²) in [5.74, 6) is -0.373. The third-order valence-corrected chi connectivity index (χ3v) is 7.42. The van der Waals surface area contributed by atoms with Gasteiger partial charge >= 0.3 is 6.03 Å². The van der Waals surface area contributed by atoms with Crippen molar-refractivity contribution < 1.29 is 18.0 Å². The third kappa shape index (κ3) is 4.41. The number of amides is 3. The Kier molecular flexibility index (Phi) is 5.70. The van der Waals surface area contributed by atoms with Crippen molar-refractivity contribution in [2.75, 3.05) is 32.4 Å². The fourth-order valence-electron chi connectivity index (χ4n) is 4.19. The fourth-order valence-corrected chi connectivity index (χ4v) is 5.35. The van der Waals surface area contributed by atoms with Crippen molar-refractivity contribution in [1.29, 1.82) is 0 Å². The number of halogens is 1. The Bertz CT molecular complexity index is 1130. The van der Waals surface area contributed by atoms with Gasteiger partial charge in [0.1, 0.15) is 0 Å². The van der Waals surface area contributed by atoms with Crippen LogP contribution < -0.4 is 5.73 Å². The third-order valence-electron chi connectivity index (χ3n) is 6.05. The number of rotatable bonds is 4. The molecule has 0 radical (unpaired) electrons. The Morgan fingerprint density at radius 3 is 2.29 bits per heavy atom. The van der Waals surface area contributed by atoms with Crippen molar-refractivity contribution in [2.24, 2.45) is 11.7 Å². The van der Waals surface area contributed by atoms with Crippen LogP contribution in [0, 0.1) is 5.92 Å². The molecular weight excluding hydrogens is 438 g/mol. The number of hydrogen-bond donors (Lipinski definition) is 1. The smallest absolute Gasteiger partial charge is 0.320 e. The Morgan fingerprint density at radius 1 is 1.03 bits per heavy atom. The number of benzene rings is 2. The lowest BCUT2D eigenvalue weighted by atomic mass is 9.90. The summed E-state index contributed by atoms with van der Waals surface area (Å²) in [6.07, 6.45) is 1.79. The lowest BCUT2D eigenvalue weighted by Crippen LogP contribution is -2.53. The number of hydrogen-bond acceptors (Lipinski definition) is 4. The van der Waals surface area contributed by atoms with Gasteiger partial charge in [0.2, 0.25) is 5.91 Å². The van der Waals surface area contributed by atoms with Crippen LogP contribution in [-0.4, -0.2) is 62.6 Å². The maximum Gasteiger partial charge on any atom is 0.320 e. The first-order valence-electron chi connectivity index (χ1n) is 10.1. The van der Waals surface area contributed by atoms with Crippen LogP contribution in [0.4, 0.5) is 4.79 Å². The minimum atomic E-state index is -3.42. The van der Waals surface area contributed by atoms with E-state index in [1.807, 2.05) is 24.3 Å². The second kappa shape index (κ2) is 8.16. The van der Waals surface area contributed by atoms with Gasteiger partial charge in [0.15, 0.2) is 9.84 Å². The lowest BCUT2D eigenvalue weighted by molar-refractivity contribution is -0.121. The SMILES string of the molecule is CS(=O)(=O)c1cc(Cl)ccc1-c1ccc(C2CN(C(=O)N3CC[C@@H](C(N)=O)C3)C2)cc1. The second-order valence-corrected chi connectivity index (χ2v) is 10.7. The highest BCUT2D eigenvalue weighted by molar-refractivity contribution is 7.90. The molecule has 2 aromatic carbocycles. The van der Waals surface area contributed by atoms with E-state index in [-0.39, 0.29) is 28.7 Å². The molecule has 2 aliphatic rings. The summed E-state index contributed by atoms with van der Waals surface area (Å²) in [4.78, 5) is 27.6. The van der Waals surface area contributed by atoms with Crippen LogP contribution in [0.15, 0.2) is 47.4 Å². The number of carbonyl (C=O) groups excluding carboxylic acids is 2. The largest absolute Gasteiger partial charge is 0.369 e. The van der Waals surface area contributed by atoms with Crippen molar-refractivity contribution >= 4 is 33.4 Å². The maximum absolute atomic E-state index is 12.6. The average Bonchev–Trinajstić information content (AvgIpc) is 3.17. The van der Waals surface area contributed by atoms with Crippen LogP contribution >= 0.6 is 11.6 Å². The predicted molar refractivity (Wildman–Crippen MR) is 119 cm³/mol. The van der Waals surface area contributed by atoms with E-state index in [2.05, 4.69) is 0 Å². The molecule has 0 bridgehead atoms. The molecule has 4 rings (SSSR count). The molecule has 2 N–H and O–H groups in total. The van der Waals surface area contributed by atoms with Gasteiger partial charge in [-0.2, -0.15) is 0 Å². The van der Waals surface area contributed by atoms with Gasteiger partial charge in [0.05, 0.1) is 10.8 Å². The quantitative estimate of drug-likeness (QED) is 0.756. The Hall–Kier alpha value is -2.58. The first-order chi connectivity index (χ1) is 14.6. The predicted octanol–water partition coefficient (Wildman–Crippen LogP) is 2.74. The zero-order valence-electron chi connectivity index (χ0n) is 17.1. The van der Waals surface area contributed by atoms with E-state index in [9.17, 15) is 18.0 Å². The van der Waals surface area contributed by atoms with Crippen LogP contribution in [0.3, 0.4) is 0 Å². The summed E-state index contributed by atoms with van der Waals surface area (Å²) in [5.41, 5.74) is 7.85. The molecule has 7 nitrogen and oxygen atoms in total. The highest BCUT2D eigenvalue weighted by atomic mass is 35.5. The minimum Gasteiger partial charge on any atom is -0.369 e. The topological polar surface area (TPSA) is 101 Å². The molecule has 0 aromatic heterocycles. The van der Waals surface area contributed by atoms with Crippen molar-refractivity contribution in [2.45, 2.75) is 17.2 Å². The van der Waals surface area contributed by atoms with Crippen LogP contribution in [-0.2, 0) is 14.6 Å². The average molecular weight is 462 g/mol. The minimum absolute atomic E-state index is 0.0458. The molecule has 2 aromatic rings. The molecular formula is C22H24ClN3O4S. The number of primary amides is 1. The fraction of sp³-hybridized carbons (Fsp3) is 0.364. The number of urea groups is 1. The molecule has 2 fully saturated rings. The number of carbonyl (C=O) groups is 2. The highest BCUT2D eigenvalue weighted by Gasteiger charge is 2.37. The van der Waals surface area contributed by atoms with Gasteiger partial charge in [-0.15, -0.1) is 0 Å². The molecule has 2 saturated heterocycles. The Morgan fingerprint density at radius 2 is 1.71 bits per heavy atom. The zero-order chi connectivity index (χ0) is 22.3. The molecule has 3 amide bonds. The monoisotopic (exact) mass is 461 g/mol. The summed E-state index contributed by atoms with van der Waals surface area (Å²) in [5, 5.41) is 0.375. The number of nitrogens with zero attached hydrogens (tertiary/aromatic N) is 2. The summed E-state index contributed by atoms with van der Waals surface area (Å²) in [6.45, 7) is 2.19. The van der Waals surface area contributed by atoms with Crippen LogP contribution in [0.5, 0.6) is 0 Å². The molecule has 0 spiro atoms. The normalized spacial score (nSPS) is 19.4. The van der Waals surface area contributed by atoms with Crippen LogP contribution in [0.2, 0.25) is 5.02 Å². The lowest BCUT2D eigenvalue weighted by Gasteiger charge is -2.41. The van der Waals surface area contributed by atoms with E-state index in [1.165, 1.54) is 12.3 Å². The van der Waals surface area contributed by atoms with Crippen molar-refractivity contribution in [1.82, 2.24) is 9.80 Å². The molecule has 2 aliphatic heterocycles. The molecule has 1 atom stereocenters.